The summed E-state index contributed by atoms with van der Waals surface area (Å²) >= 11 is 0. The molecule has 1 aromatic carbocycles. The van der Waals surface area contributed by atoms with E-state index in [0.717, 1.165) is 43.6 Å². The van der Waals surface area contributed by atoms with E-state index in [9.17, 15) is 14.4 Å². The maximum atomic E-state index is 11.2. The zero-order valence-corrected chi connectivity index (χ0v) is 19.7. The molecule has 0 saturated carbocycles. The van der Waals surface area contributed by atoms with Gasteiger partial charge < -0.3 is 23.8 Å². The molecule has 3 rings (SSSR count). The Morgan fingerprint density at radius 3 is 2.38 bits per heavy atom. The van der Waals surface area contributed by atoms with Crippen LogP contribution >= 0.6 is 7.82 Å². The number of hydrogen-bond acceptors (Lipinski definition) is 7. The van der Waals surface area contributed by atoms with Gasteiger partial charge in [0.25, 0.3) is 0 Å². The fourth-order valence-electron chi connectivity index (χ4n) is 3.43. The Hall–Kier alpha value is -0.310. The normalized spacial score (nSPS) is 14.5. The zero-order chi connectivity index (χ0) is 17.3. The number of hydrogen-bond donors (Lipinski definition) is 0. The Labute approximate surface area is 196 Å². The minimum atomic E-state index is -5.26. The summed E-state index contributed by atoms with van der Waals surface area (Å²) in [5.74, 6) is -0.0447. The summed E-state index contributed by atoms with van der Waals surface area (Å²) in [6.07, 6.45) is 4.47. The van der Waals surface area contributed by atoms with Crippen molar-refractivity contribution in [1.29, 1.82) is 10.5 Å². The number of phosphoric acid groups is 1. The second-order valence-corrected chi connectivity index (χ2v) is 6.87. The summed E-state index contributed by atoms with van der Waals surface area (Å²) in [6.45, 7) is 1.76. The Bertz CT molecular complexity index is 837. The third kappa shape index (κ3) is 5.14. The molecule has 2 aliphatic heterocycles. The van der Waals surface area contributed by atoms with E-state index in [2.05, 4.69) is 4.90 Å². The first-order chi connectivity index (χ1) is 11.4. The van der Waals surface area contributed by atoms with Crippen LogP contribution in [0.15, 0.2) is 11.6 Å². The minimum absolute atomic E-state index is 0. The second-order valence-electron chi connectivity index (χ2n) is 5.80. The van der Waals surface area contributed by atoms with Gasteiger partial charge in [0, 0.05) is 29.9 Å². The number of nitrogens with zero attached hydrogens (tertiary/aromatic N) is 3. The van der Waals surface area contributed by atoms with Crippen LogP contribution in [-0.2, 0) is 17.4 Å². The number of anilines is 1. The average Bonchev–Trinajstić information content (AvgIpc) is 2.55. The quantitative estimate of drug-likeness (QED) is 0.288. The van der Waals surface area contributed by atoms with Gasteiger partial charge in [0.1, 0.15) is 31.3 Å². The van der Waals surface area contributed by atoms with Crippen molar-refractivity contribution in [1.82, 2.24) is 0 Å². The summed E-state index contributed by atoms with van der Waals surface area (Å²) in [6, 6.07) is 5.20. The van der Waals surface area contributed by atoms with Crippen molar-refractivity contribution in [3.8, 4) is 17.9 Å². The van der Waals surface area contributed by atoms with Crippen LogP contribution < -0.4 is 78.3 Å². The third-order valence-corrected chi connectivity index (χ3v) is 4.65. The number of nitriles is 2. The van der Waals surface area contributed by atoms with Crippen molar-refractivity contribution < 1.29 is 78.0 Å². The molecule has 0 aliphatic carbocycles. The number of aryl methyl sites for hydroxylation is 1. The molecule has 0 fully saturated rings. The van der Waals surface area contributed by atoms with Gasteiger partial charge in [-0.15, -0.1) is 0 Å². The van der Waals surface area contributed by atoms with Crippen LogP contribution in [0.3, 0.4) is 0 Å². The summed E-state index contributed by atoms with van der Waals surface area (Å²) in [7, 11) is -5.26. The van der Waals surface area contributed by atoms with Gasteiger partial charge in [-0.1, -0.05) is 0 Å². The molecule has 0 spiro atoms. The average molecular weight is 389 g/mol. The molecule has 0 atom stereocenters. The number of rotatable bonds is 3. The first kappa shape index (κ1) is 23.7. The van der Waals surface area contributed by atoms with E-state index >= 15 is 0 Å². The molecule has 2 heterocycles. The molecule has 0 bridgehead atoms. The van der Waals surface area contributed by atoms with Crippen molar-refractivity contribution >= 4 is 19.6 Å². The van der Waals surface area contributed by atoms with Crippen LogP contribution in [0.2, 0.25) is 0 Å². The fraction of sp³-hybridized carbons (Fsp3) is 0.375. The topological polar surface area (TPSA) is 123 Å². The molecule has 0 saturated heterocycles. The molecule has 1 aromatic rings. The molecule has 0 amide bonds. The van der Waals surface area contributed by atoms with Crippen LogP contribution in [0, 0.1) is 22.7 Å². The largest absolute Gasteiger partial charge is 1.00 e. The summed E-state index contributed by atoms with van der Waals surface area (Å²) < 4.78 is 15.9. The van der Waals surface area contributed by atoms with E-state index in [1.165, 1.54) is 6.08 Å². The molecule has 0 aromatic heterocycles. The Balaban J connectivity index is 0.00000169. The predicted octanol–water partition coefficient (Wildman–Crippen LogP) is -4.97. The number of benzene rings is 1. The third-order valence-electron chi connectivity index (χ3n) is 4.25. The van der Waals surface area contributed by atoms with Crippen LogP contribution in [0.5, 0.6) is 5.75 Å². The monoisotopic (exact) mass is 389 g/mol. The van der Waals surface area contributed by atoms with Gasteiger partial charge in [0.15, 0.2) is 0 Å². The Morgan fingerprint density at radius 2 is 1.81 bits per heavy atom. The van der Waals surface area contributed by atoms with E-state index in [0.29, 0.717) is 12.0 Å². The first-order valence-electron chi connectivity index (χ1n) is 7.60. The SMILES string of the molecule is N#CC(C#N)=Cc1cc2c3c(c1OP(=O)([O-])[O-])CCCN3CCC2.[Na+].[Na+]. The van der Waals surface area contributed by atoms with Gasteiger partial charge in [-0.3, -0.25) is 0 Å². The van der Waals surface area contributed by atoms with E-state index in [4.69, 9.17) is 15.0 Å². The molecule has 0 N–H and O–H groups in total. The van der Waals surface area contributed by atoms with Crippen LogP contribution in [0.1, 0.15) is 29.5 Å². The molecule has 7 nitrogen and oxygen atoms in total. The van der Waals surface area contributed by atoms with Crippen molar-refractivity contribution in [3.63, 3.8) is 0 Å². The maximum Gasteiger partial charge on any atom is 1.00 e. The van der Waals surface area contributed by atoms with E-state index in [-0.39, 0.29) is 76.0 Å². The molecule has 124 valence electrons. The standard InChI is InChI=1S/C16H16N3O4P.2Na/c17-9-11(10-18)7-13-8-12-3-1-5-19-6-2-4-14(15(12)19)16(13)23-24(20,21)22;;/h7-8H,1-6H2,(H2,20,21,22);;/q;2*+1/p-2. The van der Waals surface area contributed by atoms with Gasteiger partial charge >= 0.3 is 59.1 Å². The molecule has 0 radical (unpaired) electrons. The molecule has 10 heteroatoms. The van der Waals surface area contributed by atoms with Crippen molar-refractivity contribution in [2.45, 2.75) is 25.7 Å². The van der Waals surface area contributed by atoms with Crippen LogP contribution in [-0.4, -0.2) is 13.1 Å². The molecule has 2 aliphatic rings. The van der Waals surface area contributed by atoms with Crippen LogP contribution in [0.25, 0.3) is 6.08 Å². The molecular formula is C16H14N3Na2O4P. The summed E-state index contributed by atoms with van der Waals surface area (Å²) in [5.41, 5.74) is 2.74. The van der Waals surface area contributed by atoms with Crippen LogP contribution in [0.4, 0.5) is 5.69 Å². The second kappa shape index (κ2) is 9.75. The van der Waals surface area contributed by atoms with Gasteiger partial charge in [-0.2, -0.15) is 10.5 Å². The fourth-order valence-corrected chi connectivity index (χ4v) is 3.87. The van der Waals surface area contributed by atoms with Gasteiger partial charge in [0.05, 0.1) is 0 Å². The zero-order valence-electron chi connectivity index (χ0n) is 14.8. The van der Waals surface area contributed by atoms with E-state index in [1.807, 2.05) is 0 Å². The smallest absolute Gasteiger partial charge is 0.780 e. The van der Waals surface area contributed by atoms with E-state index < -0.39 is 7.82 Å². The summed E-state index contributed by atoms with van der Waals surface area (Å²) in [5, 5.41) is 17.9. The molecular weight excluding hydrogens is 375 g/mol. The minimum Gasteiger partial charge on any atom is -0.780 e. The summed E-state index contributed by atoms with van der Waals surface area (Å²) in [4.78, 5) is 24.6. The van der Waals surface area contributed by atoms with Crippen molar-refractivity contribution in [2.75, 3.05) is 18.0 Å². The Kier molecular flexibility index (Phi) is 8.90. The van der Waals surface area contributed by atoms with Crippen molar-refractivity contribution in [2.24, 2.45) is 0 Å². The molecule has 26 heavy (non-hydrogen) atoms. The number of phosphoric ester groups is 1. The van der Waals surface area contributed by atoms with E-state index in [1.54, 1.807) is 18.2 Å². The maximum absolute atomic E-state index is 11.2. The Morgan fingerprint density at radius 1 is 1.19 bits per heavy atom. The van der Waals surface area contributed by atoms with Gasteiger partial charge in [-0.25, -0.2) is 0 Å². The first-order valence-corrected chi connectivity index (χ1v) is 9.06. The molecule has 0 unspecified atom stereocenters. The van der Waals surface area contributed by atoms with Gasteiger partial charge in [-0.05, 0) is 43.4 Å². The predicted molar refractivity (Wildman–Crippen MR) is 82.7 cm³/mol. The van der Waals surface area contributed by atoms with Gasteiger partial charge in [0.2, 0.25) is 0 Å². The number of allylic oxidation sites excluding steroid dienone is 1. The van der Waals surface area contributed by atoms with Crippen molar-refractivity contribution in [3.05, 3.63) is 28.3 Å².